The Hall–Kier alpha value is -2.69. The fourth-order valence-corrected chi connectivity index (χ4v) is 7.11. The Morgan fingerprint density at radius 3 is 1.38 bits per heavy atom. The Bertz CT molecular complexity index is 1730. The molecule has 4 rings (SSSR count). The summed E-state index contributed by atoms with van der Waals surface area (Å²) >= 11 is 41.1. The Morgan fingerprint density at radius 2 is 1.02 bits per heavy atom. The predicted molar refractivity (Wildman–Crippen MR) is 196 cm³/mol. The number of benzene rings is 4. The summed E-state index contributed by atoms with van der Waals surface area (Å²) in [4.78, 5) is 25.8. The molecule has 0 aromatic heterocycles. The molecule has 13 heteroatoms. The van der Waals surface area contributed by atoms with Crippen molar-refractivity contribution in [2.45, 2.75) is 9.79 Å². The first-order valence-electron chi connectivity index (χ1n) is 13.9. The quantitative estimate of drug-likeness (QED) is 0.108. The molecule has 4 N–H and O–H groups in total. The molecule has 6 nitrogen and oxygen atoms in total. The number of aliphatic hydroxyl groups excluding tert-OH is 2. The number of hydrogen-bond donors (Lipinski definition) is 4. The molecule has 47 heavy (non-hydrogen) atoms. The average Bonchev–Trinajstić information content (AvgIpc) is 3.03. The highest BCUT2D eigenvalue weighted by Crippen LogP contribution is 2.48. The van der Waals surface area contributed by atoms with Gasteiger partial charge in [-0.1, -0.05) is 106 Å². The van der Waals surface area contributed by atoms with E-state index in [-0.39, 0.29) is 38.1 Å². The molecule has 0 fully saturated rings. The van der Waals surface area contributed by atoms with Gasteiger partial charge in [-0.3, -0.25) is 9.59 Å². The molecule has 0 atom stereocenters. The second kappa shape index (κ2) is 17.6. The second-order valence-electron chi connectivity index (χ2n) is 9.73. The monoisotopic (exact) mass is 768 g/mol. The van der Waals surface area contributed by atoms with E-state index >= 15 is 0 Å². The van der Waals surface area contributed by atoms with Crippen molar-refractivity contribution < 1.29 is 19.8 Å². The zero-order valence-electron chi connectivity index (χ0n) is 24.3. The van der Waals surface area contributed by atoms with Gasteiger partial charge in [-0.2, -0.15) is 0 Å². The lowest BCUT2D eigenvalue weighted by Crippen LogP contribution is -2.24. The predicted octanol–water partition coefficient (Wildman–Crippen LogP) is 9.34. The lowest BCUT2D eigenvalue weighted by atomic mass is 9.99. The minimum atomic E-state index is -0.387. The van der Waals surface area contributed by atoms with Gasteiger partial charge in [-0.25, -0.2) is 0 Å². The fourth-order valence-electron chi connectivity index (χ4n) is 4.44. The summed E-state index contributed by atoms with van der Waals surface area (Å²) in [7, 11) is 0. The third kappa shape index (κ3) is 9.70. The largest absolute Gasteiger partial charge is 0.395 e. The van der Waals surface area contributed by atoms with Crippen LogP contribution < -0.4 is 10.6 Å². The van der Waals surface area contributed by atoms with Gasteiger partial charge in [0.15, 0.2) is 0 Å². The minimum absolute atomic E-state index is 0.116. The Morgan fingerprint density at radius 1 is 0.617 bits per heavy atom. The maximum Gasteiger partial charge on any atom is 0.244 e. The molecule has 0 radical (unpaired) electrons. The molecular formula is C34H26Cl6N2O4S. The highest BCUT2D eigenvalue weighted by atomic mass is 35.5. The molecule has 0 saturated carbocycles. The minimum Gasteiger partial charge on any atom is -0.395 e. The van der Waals surface area contributed by atoms with Gasteiger partial charge in [0, 0.05) is 77.4 Å². The summed E-state index contributed by atoms with van der Waals surface area (Å²) in [6, 6.07) is 17.3. The summed E-state index contributed by atoms with van der Waals surface area (Å²) in [5, 5.41) is 25.5. The average molecular weight is 771 g/mol. The van der Waals surface area contributed by atoms with Crippen molar-refractivity contribution in [2.24, 2.45) is 0 Å². The van der Waals surface area contributed by atoms with E-state index in [1.165, 1.54) is 23.9 Å². The Kier molecular flexibility index (Phi) is 13.9. The highest BCUT2D eigenvalue weighted by Gasteiger charge is 2.20. The maximum absolute atomic E-state index is 12.3. The molecule has 0 saturated heterocycles. The van der Waals surface area contributed by atoms with Crippen molar-refractivity contribution in [3.05, 3.63) is 114 Å². The molecule has 0 aliphatic heterocycles. The van der Waals surface area contributed by atoms with E-state index < -0.39 is 0 Å². The van der Waals surface area contributed by atoms with Crippen LogP contribution in [0.3, 0.4) is 0 Å². The lowest BCUT2D eigenvalue weighted by Gasteiger charge is -2.17. The number of hydrogen-bond acceptors (Lipinski definition) is 5. The van der Waals surface area contributed by atoms with Crippen LogP contribution in [0.4, 0.5) is 0 Å². The molecule has 244 valence electrons. The normalized spacial score (nSPS) is 11.4. The summed E-state index contributed by atoms with van der Waals surface area (Å²) < 4.78 is 0. The molecule has 0 heterocycles. The molecule has 0 aliphatic carbocycles. The molecule has 0 unspecified atom stereocenters. The summed E-state index contributed by atoms with van der Waals surface area (Å²) in [5.74, 6) is -0.774. The Balaban J connectivity index is 1.83. The van der Waals surface area contributed by atoms with Crippen LogP contribution in [0.2, 0.25) is 30.1 Å². The highest BCUT2D eigenvalue weighted by molar-refractivity contribution is 7.99. The third-order valence-corrected chi connectivity index (χ3v) is 9.77. The van der Waals surface area contributed by atoms with Gasteiger partial charge >= 0.3 is 0 Å². The zero-order valence-corrected chi connectivity index (χ0v) is 29.7. The van der Waals surface area contributed by atoms with E-state index in [9.17, 15) is 9.59 Å². The van der Waals surface area contributed by atoms with Crippen LogP contribution in [0, 0.1) is 0 Å². The van der Waals surface area contributed by atoms with Crippen LogP contribution in [-0.2, 0) is 9.59 Å². The van der Waals surface area contributed by atoms with E-state index in [4.69, 9.17) is 79.8 Å². The fraction of sp³-hybridized carbons (Fsp3) is 0.118. The Labute approximate surface area is 306 Å². The van der Waals surface area contributed by atoms with Crippen molar-refractivity contribution in [1.29, 1.82) is 0 Å². The van der Waals surface area contributed by atoms with Crippen LogP contribution in [0.15, 0.2) is 82.6 Å². The smallest absolute Gasteiger partial charge is 0.244 e. The van der Waals surface area contributed by atoms with Crippen LogP contribution in [-0.4, -0.2) is 48.3 Å². The van der Waals surface area contributed by atoms with Gasteiger partial charge < -0.3 is 20.8 Å². The first-order chi connectivity index (χ1) is 22.5. The topological polar surface area (TPSA) is 98.7 Å². The van der Waals surface area contributed by atoms with E-state index in [0.717, 1.165) is 0 Å². The molecule has 2 amide bonds. The van der Waals surface area contributed by atoms with Gasteiger partial charge in [0.2, 0.25) is 11.8 Å². The van der Waals surface area contributed by atoms with Crippen molar-refractivity contribution >= 4 is 105 Å². The number of amides is 2. The van der Waals surface area contributed by atoms with Gasteiger partial charge in [-0.05, 0) is 59.7 Å². The van der Waals surface area contributed by atoms with E-state index in [2.05, 4.69) is 10.6 Å². The van der Waals surface area contributed by atoms with Crippen LogP contribution in [0.25, 0.3) is 34.4 Å². The summed E-state index contributed by atoms with van der Waals surface area (Å²) in [6.07, 6.45) is 5.91. The van der Waals surface area contributed by atoms with Crippen molar-refractivity contribution in [3.8, 4) is 22.3 Å². The van der Waals surface area contributed by atoms with Crippen molar-refractivity contribution in [1.82, 2.24) is 10.6 Å². The number of aliphatic hydroxyl groups is 2. The molecule has 0 spiro atoms. The van der Waals surface area contributed by atoms with Crippen molar-refractivity contribution in [2.75, 3.05) is 26.3 Å². The van der Waals surface area contributed by atoms with Crippen LogP contribution in [0.5, 0.6) is 0 Å². The number of rotatable bonds is 12. The standard InChI is InChI=1S/C34H26Cl6N2O4S/c35-21-5-7-23(25(37)17-21)31-19(3-11-29(45)41-13-15-43)1-9-27(33(31)39)47-28-10-2-20(4-12-30(46)42-14-16-44)32(34(28)40)24-8-6-22(36)18-26(24)38/h1-12,17-18,43-44H,13-16H2,(H,41,45)(H,42,46)/b11-3+,12-4+. The van der Waals surface area contributed by atoms with Gasteiger partial charge in [-0.15, -0.1) is 0 Å². The first-order valence-corrected chi connectivity index (χ1v) is 17.0. The van der Waals surface area contributed by atoms with Crippen molar-refractivity contribution in [3.63, 3.8) is 0 Å². The lowest BCUT2D eigenvalue weighted by molar-refractivity contribution is -0.117. The van der Waals surface area contributed by atoms with E-state index in [0.29, 0.717) is 73.3 Å². The third-order valence-electron chi connectivity index (χ3n) is 6.55. The van der Waals surface area contributed by atoms with Gasteiger partial charge in [0.1, 0.15) is 0 Å². The van der Waals surface area contributed by atoms with E-state index in [1.807, 2.05) is 0 Å². The zero-order chi connectivity index (χ0) is 34.1. The van der Waals surface area contributed by atoms with Crippen LogP contribution in [0.1, 0.15) is 11.1 Å². The number of nitrogens with one attached hydrogen (secondary N) is 2. The van der Waals surface area contributed by atoms with Gasteiger partial charge in [0.25, 0.3) is 0 Å². The molecule has 4 aromatic carbocycles. The molecule has 4 aromatic rings. The molecule has 0 bridgehead atoms. The number of halogens is 6. The van der Waals surface area contributed by atoms with Crippen LogP contribution >= 0.6 is 81.4 Å². The molecular weight excluding hydrogens is 745 g/mol. The van der Waals surface area contributed by atoms with E-state index in [1.54, 1.807) is 72.8 Å². The number of carbonyl (C=O) groups excluding carboxylic acids is 2. The summed E-state index contributed by atoms with van der Waals surface area (Å²) in [6.45, 7) is -0.140. The number of carbonyl (C=O) groups is 2. The maximum atomic E-state index is 12.3. The SMILES string of the molecule is O=C(/C=C/c1ccc(Sc2ccc(/C=C/C(=O)NCCO)c(-c3ccc(Cl)cc3Cl)c2Cl)c(Cl)c1-c1ccc(Cl)cc1Cl)NCCO. The van der Waals surface area contributed by atoms with Gasteiger partial charge in [0.05, 0.1) is 23.3 Å². The first kappa shape index (κ1) is 37.1. The summed E-state index contributed by atoms with van der Waals surface area (Å²) in [5.41, 5.74) is 3.55. The second-order valence-corrected chi connectivity index (χ2v) is 13.3. The molecule has 0 aliphatic rings.